The molecule has 0 radical (unpaired) electrons. The maximum Gasteiger partial charge on any atom is 0.341 e. The SMILES string of the molecule is CC=CC(=O)Nc1sc([C@@H](C)CCC=C(C)C)cc1C(=O)OCC. The van der Waals surface area contributed by atoms with Crippen LogP contribution in [-0.4, -0.2) is 18.5 Å². The van der Waals surface area contributed by atoms with Gasteiger partial charge in [0.05, 0.1) is 12.2 Å². The number of carbonyl (C=O) groups is 2. The standard InChI is InChI=1S/C19H27NO3S/c1-6-9-17(21)20-18-15(19(22)23-7-2)12-16(24-18)14(5)11-8-10-13(3)4/h6,9-10,12,14H,7-8,11H2,1-5H3,(H,20,21)/t14-/m0/s1. The lowest BCUT2D eigenvalue weighted by molar-refractivity contribution is -0.111. The van der Waals surface area contributed by atoms with Crippen LogP contribution in [0.15, 0.2) is 29.9 Å². The number of esters is 1. The van der Waals surface area contributed by atoms with Gasteiger partial charge in [0.2, 0.25) is 5.91 Å². The predicted octanol–water partition coefficient (Wildman–Crippen LogP) is 5.29. The second-order valence-corrected chi connectivity index (χ2v) is 6.94. The minimum atomic E-state index is -0.396. The number of thiophene rings is 1. The van der Waals surface area contributed by atoms with Gasteiger partial charge >= 0.3 is 5.97 Å². The van der Waals surface area contributed by atoms with E-state index in [2.05, 4.69) is 32.2 Å². The van der Waals surface area contributed by atoms with Crippen LogP contribution in [0, 0.1) is 0 Å². The molecule has 1 aromatic heterocycles. The normalized spacial score (nSPS) is 12.0. The Balaban J connectivity index is 2.99. The summed E-state index contributed by atoms with van der Waals surface area (Å²) < 4.78 is 5.10. The number of ether oxygens (including phenoxy) is 1. The molecule has 1 heterocycles. The molecule has 0 saturated heterocycles. The lowest BCUT2D eigenvalue weighted by Crippen LogP contribution is -2.11. The van der Waals surface area contributed by atoms with Crippen molar-refractivity contribution in [1.82, 2.24) is 0 Å². The van der Waals surface area contributed by atoms with Crippen LogP contribution in [0.1, 0.15) is 68.6 Å². The van der Waals surface area contributed by atoms with Crippen LogP contribution >= 0.6 is 11.3 Å². The number of carbonyl (C=O) groups excluding carboxylic acids is 2. The number of allylic oxidation sites excluding steroid dienone is 3. The summed E-state index contributed by atoms with van der Waals surface area (Å²) in [6.45, 7) is 10.2. The molecule has 0 saturated carbocycles. The van der Waals surface area contributed by atoms with Gasteiger partial charge in [0.15, 0.2) is 0 Å². The quantitative estimate of drug-likeness (QED) is 0.394. The molecule has 1 atom stereocenters. The Morgan fingerprint density at radius 1 is 1.38 bits per heavy atom. The van der Waals surface area contributed by atoms with Gasteiger partial charge in [-0.25, -0.2) is 4.79 Å². The molecule has 0 aliphatic carbocycles. The number of rotatable bonds is 8. The maximum absolute atomic E-state index is 12.1. The molecule has 1 amide bonds. The Bertz CT molecular complexity index is 625. The Kier molecular flexibility index (Phi) is 8.47. The zero-order valence-corrected chi connectivity index (χ0v) is 16.0. The second kappa shape index (κ2) is 10.1. The number of anilines is 1. The van der Waals surface area contributed by atoms with E-state index in [-0.39, 0.29) is 5.91 Å². The van der Waals surface area contributed by atoms with Crippen LogP contribution in [-0.2, 0) is 9.53 Å². The average molecular weight is 349 g/mol. The smallest absolute Gasteiger partial charge is 0.341 e. The molecule has 0 unspecified atom stereocenters. The number of hydrogen-bond acceptors (Lipinski definition) is 4. The molecule has 0 aliphatic heterocycles. The minimum Gasteiger partial charge on any atom is -0.462 e. The maximum atomic E-state index is 12.1. The van der Waals surface area contributed by atoms with Gasteiger partial charge in [0.1, 0.15) is 5.00 Å². The van der Waals surface area contributed by atoms with Gasteiger partial charge in [0, 0.05) is 4.88 Å². The van der Waals surface area contributed by atoms with E-state index < -0.39 is 5.97 Å². The first kappa shape index (κ1) is 20.2. The Morgan fingerprint density at radius 2 is 2.08 bits per heavy atom. The molecule has 24 heavy (non-hydrogen) atoms. The molecule has 0 fully saturated rings. The summed E-state index contributed by atoms with van der Waals surface area (Å²) in [5.74, 6) is -0.327. The van der Waals surface area contributed by atoms with E-state index in [1.165, 1.54) is 23.0 Å². The van der Waals surface area contributed by atoms with E-state index in [0.717, 1.165) is 17.7 Å². The number of nitrogens with one attached hydrogen (secondary N) is 1. The van der Waals surface area contributed by atoms with Crippen molar-refractivity contribution in [3.63, 3.8) is 0 Å². The van der Waals surface area contributed by atoms with Crippen molar-refractivity contribution in [2.75, 3.05) is 11.9 Å². The van der Waals surface area contributed by atoms with E-state index in [1.54, 1.807) is 19.9 Å². The van der Waals surface area contributed by atoms with Crippen molar-refractivity contribution in [3.05, 3.63) is 40.3 Å². The molecule has 132 valence electrons. The molecule has 0 aliphatic rings. The molecule has 0 aromatic carbocycles. The molecule has 1 aromatic rings. The molecule has 1 rings (SSSR count). The zero-order valence-electron chi connectivity index (χ0n) is 15.1. The van der Waals surface area contributed by atoms with Crippen LogP contribution in [0.2, 0.25) is 0 Å². The van der Waals surface area contributed by atoms with E-state index in [4.69, 9.17) is 4.74 Å². The summed E-state index contributed by atoms with van der Waals surface area (Å²) in [6, 6.07) is 1.85. The lowest BCUT2D eigenvalue weighted by Gasteiger charge is -2.07. The van der Waals surface area contributed by atoms with Gasteiger partial charge in [-0.1, -0.05) is 24.6 Å². The largest absolute Gasteiger partial charge is 0.462 e. The van der Waals surface area contributed by atoms with Crippen LogP contribution in [0.3, 0.4) is 0 Å². The van der Waals surface area contributed by atoms with Crippen LogP contribution in [0.4, 0.5) is 5.00 Å². The third-order valence-electron chi connectivity index (χ3n) is 3.44. The number of amides is 1. The highest BCUT2D eigenvalue weighted by atomic mass is 32.1. The van der Waals surface area contributed by atoms with Gasteiger partial charge in [-0.15, -0.1) is 11.3 Å². The first-order chi connectivity index (χ1) is 11.4. The van der Waals surface area contributed by atoms with Crippen molar-refractivity contribution in [3.8, 4) is 0 Å². The number of hydrogen-bond donors (Lipinski definition) is 1. The average Bonchev–Trinajstić information content (AvgIpc) is 2.91. The van der Waals surface area contributed by atoms with Gasteiger partial charge in [-0.3, -0.25) is 4.79 Å². The van der Waals surface area contributed by atoms with E-state index in [9.17, 15) is 9.59 Å². The Hall–Kier alpha value is -1.88. The van der Waals surface area contributed by atoms with E-state index in [1.807, 2.05) is 6.07 Å². The Morgan fingerprint density at radius 3 is 2.67 bits per heavy atom. The first-order valence-corrected chi connectivity index (χ1v) is 9.08. The van der Waals surface area contributed by atoms with Crippen LogP contribution in [0.25, 0.3) is 0 Å². The highest BCUT2D eigenvalue weighted by Crippen LogP contribution is 2.35. The highest BCUT2D eigenvalue weighted by Gasteiger charge is 2.20. The monoisotopic (exact) mass is 349 g/mol. The second-order valence-electron chi connectivity index (χ2n) is 5.86. The predicted molar refractivity (Wildman–Crippen MR) is 101 cm³/mol. The molecule has 0 spiro atoms. The summed E-state index contributed by atoms with van der Waals surface area (Å²) in [7, 11) is 0. The summed E-state index contributed by atoms with van der Waals surface area (Å²) in [5.41, 5.74) is 1.74. The fraction of sp³-hybridized carbons (Fsp3) is 0.474. The summed E-state index contributed by atoms with van der Waals surface area (Å²) in [4.78, 5) is 25.0. The van der Waals surface area contributed by atoms with Crippen molar-refractivity contribution in [2.24, 2.45) is 0 Å². The summed E-state index contributed by atoms with van der Waals surface area (Å²) in [5, 5.41) is 3.34. The molecular weight excluding hydrogens is 322 g/mol. The van der Waals surface area contributed by atoms with Crippen LogP contribution < -0.4 is 5.32 Å². The molecule has 1 N–H and O–H groups in total. The topological polar surface area (TPSA) is 55.4 Å². The van der Waals surface area contributed by atoms with Crippen molar-refractivity contribution < 1.29 is 14.3 Å². The van der Waals surface area contributed by atoms with Crippen molar-refractivity contribution in [1.29, 1.82) is 0 Å². The van der Waals surface area contributed by atoms with Gasteiger partial charge < -0.3 is 10.1 Å². The molecule has 5 heteroatoms. The molecular formula is C19H27NO3S. The highest BCUT2D eigenvalue weighted by molar-refractivity contribution is 7.16. The van der Waals surface area contributed by atoms with Crippen molar-refractivity contribution in [2.45, 2.75) is 53.4 Å². The lowest BCUT2D eigenvalue weighted by atomic mass is 10.0. The summed E-state index contributed by atoms with van der Waals surface area (Å²) >= 11 is 1.45. The third-order valence-corrected chi connectivity index (χ3v) is 4.72. The fourth-order valence-electron chi connectivity index (χ4n) is 2.18. The molecule has 0 bridgehead atoms. The van der Waals surface area contributed by atoms with E-state index >= 15 is 0 Å². The van der Waals surface area contributed by atoms with Crippen molar-refractivity contribution >= 4 is 28.2 Å². The van der Waals surface area contributed by atoms with Crippen LogP contribution in [0.5, 0.6) is 0 Å². The first-order valence-electron chi connectivity index (χ1n) is 8.26. The van der Waals surface area contributed by atoms with E-state index in [0.29, 0.717) is 23.1 Å². The minimum absolute atomic E-state index is 0.242. The third kappa shape index (κ3) is 6.32. The fourth-order valence-corrected chi connectivity index (χ4v) is 3.31. The van der Waals surface area contributed by atoms with Gasteiger partial charge in [-0.2, -0.15) is 0 Å². The Labute approximate surface area is 148 Å². The molecule has 4 nitrogen and oxygen atoms in total. The van der Waals surface area contributed by atoms with Gasteiger partial charge in [-0.05, 0) is 58.6 Å². The zero-order chi connectivity index (χ0) is 18.1. The van der Waals surface area contributed by atoms with Gasteiger partial charge in [0.25, 0.3) is 0 Å². The summed E-state index contributed by atoms with van der Waals surface area (Å²) in [6.07, 6.45) is 7.31.